The molecule has 9 heteroatoms. The molecule has 2 fully saturated rings. The van der Waals surface area contributed by atoms with Crippen molar-refractivity contribution in [3.05, 3.63) is 30.1 Å². The second-order valence-corrected chi connectivity index (χ2v) is 6.90. The predicted molar refractivity (Wildman–Crippen MR) is 93.7 cm³/mol. The van der Waals surface area contributed by atoms with Gasteiger partial charge in [-0.25, -0.2) is 4.79 Å². The molecule has 2 amide bonds. The molecule has 0 aromatic carbocycles. The molecule has 2 aliphatic rings. The molecule has 0 unspecified atom stereocenters. The number of amides is 2. The van der Waals surface area contributed by atoms with Crippen molar-refractivity contribution in [1.82, 2.24) is 34.3 Å². The van der Waals surface area contributed by atoms with Crippen molar-refractivity contribution in [2.75, 3.05) is 39.4 Å². The van der Waals surface area contributed by atoms with Gasteiger partial charge in [0, 0.05) is 51.5 Å². The average molecular weight is 359 g/mol. The summed E-state index contributed by atoms with van der Waals surface area (Å²) in [6, 6.07) is 2.02. The van der Waals surface area contributed by atoms with Gasteiger partial charge in [-0.2, -0.15) is 5.10 Å². The maximum atomic E-state index is 12.8. The van der Waals surface area contributed by atoms with E-state index in [0.717, 1.165) is 31.0 Å². The Morgan fingerprint density at radius 3 is 2.85 bits per heavy atom. The van der Waals surface area contributed by atoms with Crippen LogP contribution < -0.4 is 0 Å². The molecule has 2 saturated heterocycles. The molecule has 0 bridgehead atoms. The molecule has 0 radical (unpaired) electrons. The minimum atomic E-state index is 0.122. The van der Waals surface area contributed by atoms with Gasteiger partial charge in [0.15, 0.2) is 5.82 Å². The fourth-order valence-electron chi connectivity index (χ4n) is 3.72. The Hall–Kier alpha value is -2.42. The van der Waals surface area contributed by atoms with E-state index >= 15 is 0 Å². The summed E-state index contributed by atoms with van der Waals surface area (Å²) in [5, 5.41) is 13.0. The Balaban J connectivity index is 1.44. The van der Waals surface area contributed by atoms with Gasteiger partial charge >= 0.3 is 6.03 Å². The second kappa shape index (κ2) is 7.45. The van der Waals surface area contributed by atoms with Gasteiger partial charge in [0.2, 0.25) is 0 Å². The summed E-state index contributed by atoms with van der Waals surface area (Å²) in [6.07, 6.45) is 5.69. The van der Waals surface area contributed by atoms with E-state index in [1.807, 2.05) is 33.8 Å². The van der Waals surface area contributed by atoms with Crippen molar-refractivity contribution in [2.24, 2.45) is 7.05 Å². The highest BCUT2D eigenvalue weighted by Gasteiger charge is 2.31. The molecule has 2 aliphatic heterocycles. The first-order valence-corrected chi connectivity index (χ1v) is 9.19. The van der Waals surface area contributed by atoms with Crippen molar-refractivity contribution in [1.29, 1.82) is 0 Å². The number of morpholine rings is 1. The number of rotatable bonds is 3. The molecule has 0 N–H and O–H groups in total. The monoisotopic (exact) mass is 359 g/mol. The summed E-state index contributed by atoms with van der Waals surface area (Å²) in [4.78, 5) is 16.6. The van der Waals surface area contributed by atoms with E-state index in [2.05, 4.69) is 19.9 Å². The Morgan fingerprint density at radius 2 is 2.08 bits per heavy atom. The van der Waals surface area contributed by atoms with Gasteiger partial charge in [-0.3, -0.25) is 4.68 Å². The molecule has 2 aromatic heterocycles. The van der Waals surface area contributed by atoms with Crippen molar-refractivity contribution in [3.8, 4) is 0 Å². The zero-order valence-electron chi connectivity index (χ0n) is 15.1. The molecule has 1 atom stereocenters. The van der Waals surface area contributed by atoms with Gasteiger partial charge in [0.25, 0.3) is 0 Å². The van der Waals surface area contributed by atoms with Crippen LogP contribution in [-0.2, 0) is 18.3 Å². The third-order valence-corrected chi connectivity index (χ3v) is 5.20. The van der Waals surface area contributed by atoms with Crippen LogP contribution in [0.4, 0.5) is 4.79 Å². The van der Waals surface area contributed by atoms with Crippen LogP contribution >= 0.6 is 0 Å². The van der Waals surface area contributed by atoms with E-state index in [1.54, 1.807) is 6.20 Å². The largest absolute Gasteiger partial charge is 0.378 e. The Morgan fingerprint density at radius 1 is 1.23 bits per heavy atom. The van der Waals surface area contributed by atoms with Crippen LogP contribution in [-0.4, -0.2) is 79.8 Å². The summed E-state index contributed by atoms with van der Waals surface area (Å²) in [7, 11) is 2.00. The van der Waals surface area contributed by atoms with Crippen molar-refractivity contribution in [3.63, 3.8) is 0 Å². The molecule has 4 heterocycles. The summed E-state index contributed by atoms with van der Waals surface area (Å²) >= 11 is 0. The van der Waals surface area contributed by atoms with Crippen LogP contribution in [0.3, 0.4) is 0 Å². The summed E-state index contributed by atoms with van der Waals surface area (Å²) in [5.41, 5.74) is 0. The second-order valence-electron chi connectivity index (χ2n) is 6.90. The average Bonchev–Trinajstić information content (AvgIpc) is 3.33. The van der Waals surface area contributed by atoms with Gasteiger partial charge in [-0.05, 0) is 18.9 Å². The number of likely N-dealkylation sites (tertiary alicyclic amines) is 1. The first kappa shape index (κ1) is 17.0. The lowest BCUT2D eigenvalue weighted by Crippen LogP contribution is -2.50. The summed E-state index contributed by atoms with van der Waals surface area (Å²) in [6.45, 7) is 4.72. The lowest BCUT2D eigenvalue weighted by atomic mass is 9.97. The highest BCUT2D eigenvalue weighted by Crippen LogP contribution is 2.26. The highest BCUT2D eigenvalue weighted by atomic mass is 16.5. The van der Waals surface area contributed by atoms with Crippen molar-refractivity contribution >= 4 is 6.03 Å². The van der Waals surface area contributed by atoms with Crippen molar-refractivity contribution in [2.45, 2.75) is 25.3 Å². The molecule has 2 aromatic rings. The summed E-state index contributed by atoms with van der Waals surface area (Å²) < 4.78 is 9.23. The maximum Gasteiger partial charge on any atom is 0.320 e. The first-order valence-electron chi connectivity index (χ1n) is 9.19. The van der Waals surface area contributed by atoms with Crippen molar-refractivity contribution < 1.29 is 9.53 Å². The zero-order valence-corrected chi connectivity index (χ0v) is 15.1. The third-order valence-electron chi connectivity index (χ3n) is 5.20. The quantitative estimate of drug-likeness (QED) is 0.805. The highest BCUT2D eigenvalue weighted by molar-refractivity contribution is 5.74. The maximum absolute atomic E-state index is 12.8. The van der Waals surface area contributed by atoms with E-state index in [-0.39, 0.29) is 11.9 Å². The Bertz CT molecular complexity index is 736. The predicted octanol–water partition coefficient (Wildman–Crippen LogP) is 0.692. The number of piperidine rings is 1. The molecule has 26 heavy (non-hydrogen) atoms. The van der Waals surface area contributed by atoms with Gasteiger partial charge in [0.05, 0.1) is 13.2 Å². The van der Waals surface area contributed by atoms with Gasteiger partial charge in [0.1, 0.15) is 12.4 Å². The molecule has 140 valence electrons. The van der Waals surface area contributed by atoms with Crippen LogP contribution in [0.15, 0.2) is 18.5 Å². The lowest BCUT2D eigenvalue weighted by molar-refractivity contribution is 0.0407. The number of carbonyl (C=O) groups is 1. The summed E-state index contributed by atoms with van der Waals surface area (Å²) in [5.74, 6) is 2.05. The number of hydrogen-bond donors (Lipinski definition) is 0. The number of nitrogens with zero attached hydrogens (tertiary/aromatic N) is 7. The number of ether oxygens (including phenoxy) is 1. The number of hydrogen-bond acceptors (Lipinski definition) is 5. The smallest absolute Gasteiger partial charge is 0.320 e. The van der Waals surface area contributed by atoms with E-state index in [1.165, 1.54) is 0 Å². The molecule has 0 aliphatic carbocycles. The Labute approximate surface area is 152 Å². The molecule has 0 saturated carbocycles. The first-order chi connectivity index (χ1) is 12.7. The topological polar surface area (TPSA) is 81.3 Å². The number of carbonyl (C=O) groups excluding carboxylic acids is 1. The fourth-order valence-corrected chi connectivity index (χ4v) is 3.72. The minimum absolute atomic E-state index is 0.122. The van der Waals surface area contributed by atoms with Crippen LogP contribution in [0.2, 0.25) is 0 Å². The molecular weight excluding hydrogens is 334 g/mol. The van der Waals surface area contributed by atoms with E-state index in [0.29, 0.717) is 39.4 Å². The van der Waals surface area contributed by atoms with E-state index < -0.39 is 0 Å². The van der Waals surface area contributed by atoms with E-state index in [4.69, 9.17) is 4.74 Å². The number of aromatic nitrogens is 5. The standard InChI is InChI=1S/C17H25N7O2/c1-21-15(13-24-7-3-5-18-24)19-20-16(21)14-4-2-6-23(12-14)17(25)22-8-10-26-11-9-22/h3,5,7,14H,2,4,6,8-13H2,1H3/t14-/m1/s1. The molecule has 4 rings (SSSR count). The minimum Gasteiger partial charge on any atom is -0.378 e. The Kier molecular flexibility index (Phi) is 4.87. The normalized spacial score (nSPS) is 21.2. The molecular formula is C17H25N7O2. The van der Waals surface area contributed by atoms with Crippen LogP contribution in [0.1, 0.15) is 30.4 Å². The van der Waals surface area contributed by atoms with Crippen LogP contribution in [0.25, 0.3) is 0 Å². The van der Waals surface area contributed by atoms with Gasteiger partial charge in [-0.1, -0.05) is 0 Å². The fraction of sp³-hybridized carbons (Fsp3) is 0.647. The third kappa shape index (κ3) is 3.44. The molecule has 0 spiro atoms. The van der Waals surface area contributed by atoms with Crippen LogP contribution in [0.5, 0.6) is 0 Å². The van der Waals surface area contributed by atoms with E-state index in [9.17, 15) is 4.79 Å². The van der Waals surface area contributed by atoms with Crippen LogP contribution in [0, 0.1) is 0 Å². The molecule has 9 nitrogen and oxygen atoms in total. The lowest BCUT2D eigenvalue weighted by Gasteiger charge is -2.37. The zero-order chi connectivity index (χ0) is 17.9. The number of urea groups is 1. The van der Waals surface area contributed by atoms with Gasteiger partial charge in [-0.15, -0.1) is 10.2 Å². The van der Waals surface area contributed by atoms with Gasteiger partial charge < -0.3 is 19.1 Å². The SMILES string of the molecule is Cn1c(Cn2cccn2)nnc1[C@@H]1CCCN(C(=O)N2CCOCC2)C1.